The van der Waals surface area contributed by atoms with Crippen LogP contribution in [0.15, 0.2) is 23.0 Å². The van der Waals surface area contributed by atoms with Crippen molar-refractivity contribution in [1.82, 2.24) is 19.7 Å². The summed E-state index contributed by atoms with van der Waals surface area (Å²) in [7, 11) is 0. The number of hydrogen-bond acceptors (Lipinski definition) is 3. The number of halogens is 3. The van der Waals surface area contributed by atoms with Crippen LogP contribution in [0.2, 0.25) is 0 Å². The van der Waals surface area contributed by atoms with Crippen LogP contribution in [0.3, 0.4) is 0 Å². The van der Waals surface area contributed by atoms with Crippen molar-refractivity contribution in [3.8, 4) is 0 Å². The van der Waals surface area contributed by atoms with E-state index in [0.717, 1.165) is 42.9 Å². The van der Waals surface area contributed by atoms with Gasteiger partial charge in [-0.05, 0) is 56.5 Å². The van der Waals surface area contributed by atoms with Crippen molar-refractivity contribution in [2.75, 3.05) is 13.1 Å². The fourth-order valence-electron chi connectivity index (χ4n) is 3.20. The molecule has 2 aromatic rings. The minimum absolute atomic E-state index is 0. The first kappa shape index (κ1) is 21.7. The Morgan fingerprint density at radius 1 is 1.36 bits per heavy atom. The molecule has 1 aliphatic rings. The van der Waals surface area contributed by atoms with Crippen molar-refractivity contribution in [1.29, 1.82) is 0 Å². The highest BCUT2D eigenvalue weighted by Crippen LogP contribution is 2.21. The number of aromatic nitrogens is 3. The molecule has 0 radical (unpaired) electrons. The lowest BCUT2D eigenvalue weighted by Crippen LogP contribution is -2.31. The molecule has 8 heteroatoms. The summed E-state index contributed by atoms with van der Waals surface area (Å²) < 4.78 is 16.7. The van der Waals surface area contributed by atoms with Gasteiger partial charge in [0.15, 0.2) is 0 Å². The van der Waals surface area contributed by atoms with E-state index in [1.54, 1.807) is 10.6 Å². The monoisotopic (exact) mass is 390 g/mol. The van der Waals surface area contributed by atoms with E-state index in [2.05, 4.69) is 10.4 Å². The smallest absolute Gasteiger partial charge is 0.316 e. The predicted octanol–water partition coefficient (Wildman–Crippen LogP) is 2.87. The Balaban J connectivity index is 0.00000156. The first-order valence-corrected chi connectivity index (χ1v) is 8.23. The van der Waals surface area contributed by atoms with Crippen molar-refractivity contribution in [2.45, 2.75) is 45.7 Å². The highest BCUT2D eigenvalue weighted by atomic mass is 35.5. The number of aryl methyl sites for hydroxylation is 1. The van der Waals surface area contributed by atoms with E-state index < -0.39 is 0 Å². The molecule has 1 N–H and O–H groups in total. The molecule has 2 heterocycles. The van der Waals surface area contributed by atoms with E-state index in [-0.39, 0.29) is 42.2 Å². The third kappa shape index (κ3) is 4.63. The minimum Gasteiger partial charge on any atom is -0.316 e. The lowest BCUT2D eigenvalue weighted by molar-refractivity contribution is 0.431. The number of hydrogen-bond donors (Lipinski definition) is 1. The summed E-state index contributed by atoms with van der Waals surface area (Å²) >= 11 is 0. The second-order valence-electron chi connectivity index (χ2n) is 6.16. The molecule has 0 saturated carbocycles. The summed E-state index contributed by atoms with van der Waals surface area (Å²) in [6.45, 7) is 6.67. The van der Waals surface area contributed by atoms with Crippen LogP contribution in [0.1, 0.15) is 42.6 Å². The van der Waals surface area contributed by atoms with E-state index in [1.807, 2.05) is 13.8 Å². The molecular weight excluding hydrogens is 366 g/mol. The third-order valence-corrected chi connectivity index (χ3v) is 4.56. The van der Waals surface area contributed by atoms with Crippen LogP contribution in [-0.2, 0) is 13.1 Å². The highest BCUT2D eigenvalue weighted by molar-refractivity contribution is 5.85. The van der Waals surface area contributed by atoms with Gasteiger partial charge in [-0.15, -0.1) is 24.8 Å². The van der Waals surface area contributed by atoms with E-state index in [0.29, 0.717) is 13.1 Å². The van der Waals surface area contributed by atoms with Gasteiger partial charge in [0.25, 0.3) is 0 Å². The van der Waals surface area contributed by atoms with Crippen LogP contribution in [-0.4, -0.2) is 27.4 Å². The molecular formula is C17H25Cl2FN4O. The first-order valence-electron chi connectivity index (χ1n) is 8.23. The Bertz CT molecular complexity index is 754. The average molecular weight is 391 g/mol. The van der Waals surface area contributed by atoms with Crippen LogP contribution in [0.5, 0.6) is 0 Å². The molecule has 1 saturated heterocycles. The van der Waals surface area contributed by atoms with E-state index >= 15 is 0 Å². The van der Waals surface area contributed by atoms with Gasteiger partial charge in [-0.3, -0.25) is 4.57 Å². The van der Waals surface area contributed by atoms with Crippen molar-refractivity contribution in [3.05, 3.63) is 51.5 Å². The van der Waals surface area contributed by atoms with Gasteiger partial charge in [0.2, 0.25) is 0 Å². The predicted molar refractivity (Wildman–Crippen MR) is 102 cm³/mol. The normalized spacial score (nSPS) is 16.8. The number of nitrogens with zero attached hydrogens (tertiary/aromatic N) is 3. The minimum atomic E-state index is -0.287. The van der Waals surface area contributed by atoms with E-state index in [1.165, 1.54) is 16.8 Å². The zero-order chi connectivity index (χ0) is 16.4. The molecule has 0 amide bonds. The average Bonchev–Trinajstić information content (AvgIpc) is 2.88. The lowest BCUT2D eigenvalue weighted by Gasteiger charge is -2.21. The summed E-state index contributed by atoms with van der Waals surface area (Å²) in [5.41, 5.74) is 1.64. The van der Waals surface area contributed by atoms with Crippen LogP contribution >= 0.6 is 24.8 Å². The van der Waals surface area contributed by atoms with E-state index in [9.17, 15) is 9.18 Å². The summed E-state index contributed by atoms with van der Waals surface area (Å²) in [5, 5.41) is 7.94. The Morgan fingerprint density at radius 3 is 2.76 bits per heavy atom. The standard InChI is InChI=1S/C17H23FN4O.2ClH/c1-3-21-16(13-5-4-8-19-10-13)20-22(17(21)23)11-14-9-15(18)7-6-12(14)2;;/h6-7,9,13,19H,3-5,8,10-11H2,1-2H3;2*1H. The summed E-state index contributed by atoms with van der Waals surface area (Å²) in [6, 6.07) is 4.65. The van der Waals surface area contributed by atoms with Crippen LogP contribution in [0.25, 0.3) is 0 Å². The van der Waals surface area contributed by atoms with Crippen molar-refractivity contribution in [3.63, 3.8) is 0 Å². The molecule has 25 heavy (non-hydrogen) atoms. The van der Waals surface area contributed by atoms with Crippen LogP contribution < -0.4 is 11.0 Å². The van der Waals surface area contributed by atoms with Gasteiger partial charge in [0, 0.05) is 19.0 Å². The van der Waals surface area contributed by atoms with Crippen LogP contribution in [0.4, 0.5) is 4.39 Å². The number of rotatable bonds is 4. The molecule has 1 aliphatic heterocycles. The summed E-state index contributed by atoms with van der Waals surface area (Å²) in [6.07, 6.45) is 2.14. The molecule has 0 bridgehead atoms. The second-order valence-corrected chi connectivity index (χ2v) is 6.16. The topological polar surface area (TPSA) is 51.9 Å². The maximum atomic E-state index is 13.5. The van der Waals surface area contributed by atoms with Crippen LogP contribution in [0, 0.1) is 12.7 Å². The lowest BCUT2D eigenvalue weighted by atomic mass is 9.99. The number of benzene rings is 1. The Kier molecular flexibility index (Phi) is 8.12. The van der Waals surface area contributed by atoms with Gasteiger partial charge in [-0.25, -0.2) is 13.9 Å². The Labute approximate surface area is 159 Å². The largest absolute Gasteiger partial charge is 0.346 e. The first-order chi connectivity index (χ1) is 11.1. The van der Waals surface area contributed by atoms with Gasteiger partial charge in [-0.1, -0.05) is 6.07 Å². The maximum Gasteiger partial charge on any atom is 0.346 e. The SMILES string of the molecule is CCn1c(C2CCCNC2)nn(Cc2cc(F)ccc2C)c1=O.Cl.Cl. The molecule has 1 fully saturated rings. The summed E-state index contributed by atoms with van der Waals surface area (Å²) in [5.74, 6) is 0.829. The maximum absolute atomic E-state index is 13.5. The molecule has 3 rings (SSSR count). The zero-order valence-corrected chi connectivity index (χ0v) is 16.1. The quantitative estimate of drug-likeness (QED) is 0.872. The summed E-state index contributed by atoms with van der Waals surface area (Å²) in [4.78, 5) is 12.6. The van der Waals surface area contributed by atoms with Crippen molar-refractivity contribution in [2.24, 2.45) is 0 Å². The third-order valence-electron chi connectivity index (χ3n) is 4.56. The number of nitrogens with one attached hydrogen (secondary N) is 1. The van der Waals surface area contributed by atoms with Gasteiger partial charge in [0.1, 0.15) is 11.6 Å². The fraction of sp³-hybridized carbons (Fsp3) is 0.529. The Hall–Kier alpha value is -1.37. The molecule has 0 aliphatic carbocycles. The molecule has 1 atom stereocenters. The van der Waals surface area contributed by atoms with Gasteiger partial charge in [-0.2, -0.15) is 5.10 Å². The zero-order valence-electron chi connectivity index (χ0n) is 14.5. The van der Waals surface area contributed by atoms with Gasteiger partial charge in [0.05, 0.1) is 6.54 Å². The fourth-order valence-corrected chi connectivity index (χ4v) is 3.20. The van der Waals surface area contributed by atoms with Gasteiger partial charge >= 0.3 is 5.69 Å². The second kappa shape index (κ2) is 9.36. The molecule has 1 unspecified atom stereocenters. The van der Waals surface area contributed by atoms with Crippen molar-refractivity contribution < 1.29 is 4.39 Å². The molecule has 0 spiro atoms. The van der Waals surface area contributed by atoms with E-state index in [4.69, 9.17) is 0 Å². The Morgan fingerprint density at radius 2 is 2.12 bits per heavy atom. The molecule has 140 valence electrons. The highest BCUT2D eigenvalue weighted by Gasteiger charge is 2.23. The van der Waals surface area contributed by atoms with Crippen molar-refractivity contribution >= 4 is 24.8 Å². The van der Waals surface area contributed by atoms with Gasteiger partial charge < -0.3 is 5.32 Å². The molecule has 1 aromatic carbocycles. The molecule has 1 aromatic heterocycles. The molecule has 5 nitrogen and oxygen atoms in total. The number of piperidine rings is 1.